The Kier molecular flexibility index (Phi) is 6.88. The lowest BCUT2D eigenvalue weighted by Crippen LogP contribution is -2.53. The molecule has 6 heteroatoms. The maximum atomic E-state index is 12.6. The molecule has 0 spiro atoms. The van der Waals surface area contributed by atoms with Gasteiger partial charge < -0.3 is 15.0 Å². The molecular weight excluding hydrogens is 366 g/mol. The van der Waals surface area contributed by atoms with Gasteiger partial charge in [-0.25, -0.2) is 0 Å². The summed E-state index contributed by atoms with van der Waals surface area (Å²) >= 11 is 0. The average Bonchev–Trinajstić information content (AvgIpc) is 2.77. The first-order valence-electron chi connectivity index (χ1n) is 9.98. The molecule has 1 atom stereocenters. The van der Waals surface area contributed by atoms with E-state index < -0.39 is 0 Å². The molecule has 3 rings (SSSR count). The van der Waals surface area contributed by atoms with Crippen LogP contribution in [0.15, 0.2) is 48.5 Å². The summed E-state index contributed by atoms with van der Waals surface area (Å²) in [5.74, 6) is 0.929. The van der Waals surface area contributed by atoms with Crippen LogP contribution in [0.3, 0.4) is 0 Å². The van der Waals surface area contributed by atoms with Crippen LogP contribution in [0.2, 0.25) is 0 Å². The normalized spacial score (nSPS) is 15.6. The second kappa shape index (κ2) is 9.56. The van der Waals surface area contributed by atoms with Gasteiger partial charge in [0.25, 0.3) is 0 Å². The molecule has 0 saturated carbocycles. The Morgan fingerprint density at radius 3 is 2.17 bits per heavy atom. The van der Waals surface area contributed by atoms with Gasteiger partial charge in [0.15, 0.2) is 5.78 Å². The van der Waals surface area contributed by atoms with Gasteiger partial charge in [-0.05, 0) is 55.8 Å². The maximum absolute atomic E-state index is 12.6. The third-order valence-corrected chi connectivity index (χ3v) is 5.51. The summed E-state index contributed by atoms with van der Waals surface area (Å²) in [6, 6.07) is 15.3. The van der Waals surface area contributed by atoms with E-state index in [2.05, 4.69) is 15.1 Å². The summed E-state index contributed by atoms with van der Waals surface area (Å²) < 4.78 is 5.16. The van der Waals surface area contributed by atoms with Crippen molar-refractivity contribution < 1.29 is 14.3 Å². The molecule has 0 radical (unpaired) electrons. The third kappa shape index (κ3) is 5.35. The van der Waals surface area contributed by atoms with Gasteiger partial charge in [0.2, 0.25) is 5.91 Å². The number of benzene rings is 2. The molecule has 0 unspecified atom stereocenters. The zero-order valence-corrected chi connectivity index (χ0v) is 17.4. The van der Waals surface area contributed by atoms with E-state index in [0.29, 0.717) is 6.54 Å². The quantitative estimate of drug-likeness (QED) is 0.731. The lowest BCUT2D eigenvalue weighted by atomic mass is 10.1. The predicted molar refractivity (Wildman–Crippen MR) is 115 cm³/mol. The lowest BCUT2D eigenvalue weighted by molar-refractivity contribution is -0.126. The number of amides is 1. The Balaban J connectivity index is 1.47. The minimum absolute atomic E-state index is 0.0417. The van der Waals surface area contributed by atoms with Gasteiger partial charge in [-0.3, -0.25) is 14.5 Å². The van der Waals surface area contributed by atoms with E-state index in [4.69, 9.17) is 4.74 Å². The monoisotopic (exact) mass is 395 g/mol. The van der Waals surface area contributed by atoms with Gasteiger partial charge in [0.1, 0.15) is 5.75 Å². The first-order valence-corrected chi connectivity index (χ1v) is 9.98. The number of Topliss-reactive ketones (excluding diaryl/α,β-unsaturated/α-hetero) is 1. The highest BCUT2D eigenvalue weighted by atomic mass is 16.5. The number of ether oxygens (including phenoxy) is 1. The van der Waals surface area contributed by atoms with Crippen molar-refractivity contribution in [3.05, 3.63) is 59.7 Å². The number of rotatable bonds is 7. The van der Waals surface area contributed by atoms with E-state index in [-0.39, 0.29) is 17.7 Å². The van der Waals surface area contributed by atoms with E-state index in [0.717, 1.165) is 48.7 Å². The molecule has 2 aromatic carbocycles. The molecular formula is C23H29N3O3. The molecule has 1 amide bonds. The van der Waals surface area contributed by atoms with Crippen LogP contribution in [0.25, 0.3) is 0 Å². The van der Waals surface area contributed by atoms with Gasteiger partial charge in [-0.2, -0.15) is 0 Å². The van der Waals surface area contributed by atoms with E-state index in [1.807, 2.05) is 55.5 Å². The van der Waals surface area contributed by atoms with Crippen LogP contribution in [-0.2, 0) is 11.3 Å². The van der Waals surface area contributed by atoms with Crippen LogP contribution in [0.5, 0.6) is 5.75 Å². The van der Waals surface area contributed by atoms with Crippen LogP contribution < -0.4 is 15.0 Å². The Labute approximate surface area is 172 Å². The maximum Gasteiger partial charge on any atom is 0.237 e. The smallest absolute Gasteiger partial charge is 0.237 e. The third-order valence-electron chi connectivity index (χ3n) is 5.51. The molecule has 1 N–H and O–H groups in total. The molecule has 1 aliphatic rings. The van der Waals surface area contributed by atoms with Gasteiger partial charge in [-0.15, -0.1) is 0 Å². The Hall–Kier alpha value is -2.86. The number of ketones is 1. The standard InChI is InChI=1S/C23H29N3O3/c1-17(23(28)24-16-19-4-10-22(29-3)11-5-19)25-12-14-26(15-13-25)21-8-6-20(7-9-21)18(2)27/h4-11,17H,12-16H2,1-3H3,(H,24,28)/t17-/m1/s1. The van der Waals surface area contributed by atoms with E-state index in [1.165, 1.54) is 0 Å². The summed E-state index contributed by atoms with van der Waals surface area (Å²) in [6.45, 7) is 7.41. The Morgan fingerprint density at radius 2 is 1.62 bits per heavy atom. The number of carbonyl (C=O) groups excluding carboxylic acids is 2. The van der Waals surface area contributed by atoms with Crippen molar-refractivity contribution in [2.45, 2.75) is 26.4 Å². The number of nitrogens with one attached hydrogen (secondary N) is 1. The van der Waals surface area contributed by atoms with Crippen molar-refractivity contribution in [1.82, 2.24) is 10.2 Å². The summed E-state index contributed by atoms with van der Waals surface area (Å²) in [5.41, 5.74) is 2.89. The average molecular weight is 396 g/mol. The molecule has 0 aliphatic carbocycles. The number of piperazine rings is 1. The Bertz CT molecular complexity index is 825. The number of hydrogen-bond acceptors (Lipinski definition) is 5. The fourth-order valence-corrected chi connectivity index (χ4v) is 3.52. The summed E-state index contributed by atoms with van der Waals surface area (Å²) in [5, 5.41) is 3.03. The second-order valence-corrected chi connectivity index (χ2v) is 7.37. The Morgan fingerprint density at radius 1 is 1.00 bits per heavy atom. The molecule has 2 aromatic rings. The molecule has 1 saturated heterocycles. The first kappa shape index (κ1) is 20.9. The topological polar surface area (TPSA) is 61.9 Å². The van der Waals surface area contributed by atoms with Crippen LogP contribution in [0.1, 0.15) is 29.8 Å². The van der Waals surface area contributed by atoms with E-state index in [1.54, 1.807) is 14.0 Å². The largest absolute Gasteiger partial charge is 0.497 e. The van der Waals surface area contributed by atoms with Gasteiger partial charge in [0.05, 0.1) is 13.2 Å². The van der Waals surface area contributed by atoms with Crippen LogP contribution in [0, 0.1) is 0 Å². The highest BCUT2D eigenvalue weighted by molar-refractivity contribution is 5.94. The molecule has 1 aliphatic heterocycles. The molecule has 1 fully saturated rings. The van der Waals surface area contributed by atoms with Crippen molar-refractivity contribution >= 4 is 17.4 Å². The molecule has 154 valence electrons. The number of anilines is 1. The molecule has 29 heavy (non-hydrogen) atoms. The number of methoxy groups -OCH3 is 1. The van der Waals surface area contributed by atoms with Gasteiger partial charge in [0, 0.05) is 44.0 Å². The van der Waals surface area contributed by atoms with Crippen molar-refractivity contribution in [2.24, 2.45) is 0 Å². The van der Waals surface area contributed by atoms with Crippen molar-refractivity contribution in [3.63, 3.8) is 0 Å². The van der Waals surface area contributed by atoms with Gasteiger partial charge >= 0.3 is 0 Å². The molecule has 0 aromatic heterocycles. The SMILES string of the molecule is COc1ccc(CNC(=O)[C@@H](C)N2CCN(c3ccc(C(C)=O)cc3)CC2)cc1. The van der Waals surface area contributed by atoms with Crippen molar-refractivity contribution in [3.8, 4) is 5.75 Å². The first-order chi connectivity index (χ1) is 14.0. The fourth-order valence-electron chi connectivity index (χ4n) is 3.52. The highest BCUT2D eigenvalue weighted by Gasteiger charge is 2.25. The van der Waals surface area contributed by atoms with Crippen LogP contribution in [0.4, 0.5) is 5.69 Å². The van der Waals surface area contributed by atoms with E-state index in [9.17, 15) is 9.59 Å². The molecule has 0 bridgehead atoms. The zero-order chi connectivity index (χ0) is 20.8. The number of nitrogens with zero attached hydrogens (tertiary/aromatic N) is 2. The predicted octanol–water partition coefficient (Wildman–Crippen LogP) is 2.72. The van der Waals surface area contributed by atoms with Gasteiger partial charge in [-0.1, -0.05) is 12.1 Å². The van der Waals surface area contributed by atoms with Crippen molar-refractivity contribution in [2.75, 3.05) is 38.2 Å². The minimum Gasteiger partial charge on any atom is -0.497 e. The molecule has 1 heterocycles. The summed E-state index contributed by atoms with van der Waals surface area (Å²) in [6.07, 6.45) is 0. The summed E-state index contributed by atoms with van der Waals surface area (Å²) in [4.78, 5) is 28.5. The highest BCUT2D eigenvalue weighted by Crippen LogP contribution is 2.18. The number of carbonyl (C=O) groups is 2. The van der Waals surface area contributed by atoms with E-state index >= 15 is 0 Å². The van der Waals surface area contributed by atoms with Crippen LogP contribution in [-0.4, -0.2) is 55.9 Å². The summed E-state index contributed by atoms with van der Waals surface area (Å²) in [7, 11) is 1.64. The van der Waals surface area contributed by atoms with Crippen LogP contribution >= 0.6 is 0 Å². The fraction of sp³-hybridized carbons (Fsp3) is 0.391. The lowest BCUT2D eigenvalue weighted by Gasteiger charge is -2.38. The van der Waals surface area contributed by atoms with Crippen molar-refractivity contribution in [1.29, 1.82) is 0 Å². The molecule has 6 nitrogen and oxygen atoms in total. The zero-order valence-electron chi connectivity index (χ0n) is 17.4. The second-order valence-electron chi connectivity index (χ2n) is 7.37. The minimum atomic E-state index is -0.171. The number of hydrogen-bond donors (Lipinski definition) is 1.